The molecule has 100 valence electrons. The summed E-state index contributed by atoms with van der Waals surface area (Å²) in [5.41, 5.74) is 0. The van der Waals surface area contributed by atoms with Crippen molar-refractivity contribution in [3.05, 3.63) is 0 Å². The highest BCUT2D eigenvalue weighted by Crippen LogP contribution is 2.09. The maximum Gasteiger partial charge on any atom is 0.373 e. The zero-order valence-corrected chi connectivity index (χ0v) is 12.0. The minimum Gasteiger partial charge on any atom is -0.630 e. The van der Waals surface area contributed by atoms with Crippen LogP contribution in [0.15, 0.2) is 0 Å². The van der Waals surface area contributed by atoms with Gasteiger partial charge in [-0.3, -0.25) is 0 Å². The highest BCUT2D eigenvalue weighted by atomic mass is 31.1. The fourth-order valence-corrected chi connectivity index (χ4v) is 1.69. The lowest BCUT2D eigenvalue weighted by Crippen LogP contribution is -2.13. The summed E-state index contributed by atoms with van der Waals surface area (Å²) < 4.78 is 10.2. The number of esters is 1. The fourth-order valence-electron chi connectivity index (χ4n) is 0.942. The standard InChI is InChI=1S/C12H23O4P/c1-10(2)7-15-5-6-17(14)9-12(13)16-8-11(3)4/h9-11H,5-8H2,1-4H3. The van der Waals surface area contributed by atoms with Crippen molar-refractivity contribution in [3.63, 3.8) is 0 Å². The van der Waals surface area contributed by atoms with Crippen molar-refractivity contribution in [2.75, 3.05) is 26.0 Å². The van der Waals surface area contributed by atoms with Crippen LogP contribution in [0.25, 0.3) is 0 Å². The van der Waals surface area contributed by atoms with E-state index < -0.39 is 13.7 Å². The third kappa shape index (κ3) is 11.8. The molecule has 0 fully saturated rings. The summed E-state index contributed by atoms with van der Waals surface area (Å²) in [6.07, 6.45) is 0.374. The van der Waals surface area contributed by atoms with E-state index in [9.17, 15) is 9.69 Å². The van der Waals surface area contributed by atoms with Crippen molar-refractivity contribution in [2.45, 2.75) is 27.7 Å². The molecule has 0 N–H and O–H groups in total. The first-order valence-electron chi connectivity index (χ1n) is 5.95. The van der Waals surface area contributed by atoms with Gasteiger partial charge in [-0.2, -0.15) is 0 Å². The molecule has 0 rings (SSSR count). The van der Waals surface area contributed by atoms with Gasteiger partial charge in [-0.25, -0.2) is 4.79 Å². The maximum absolute atomic E-state index is 11.5. The van der Waals surface area contributed by atoms with Crippen LogP contribution in [-0.2, 0) is 14.3 Å². The summed E-state index contributed by atoms with van der Waals surface area (Å²) in [6, 6.07) is 0. The minimum atomic E-state index is -1.66. The largest absolute Gasteiger partial charge is 0.630 e. The van der Waals surface area contributed by atoms with Gasteiger partial charge in [-0.15, -0.1) is 0 Å². The quantitative estimate of drug-likeness (QED) is 0.377. The Morgan fingerprint density at radius 2 is 1.82 bits per heavy atom. The molecule has 0 aromatic rings. The lowest BCUT2D eigenvalue weighted by atomic mass is 10.2. The van der Waals surface area contributed by atoms with Crippen LogP contribution >= 0.6 is 7.77 Å². The summed E-state index contributed by atoms with van der Waals surface area (Å²) in [5.74, 6) is 1.41. The molecule has 0 saturated heterocycles. The third-order valence-electron chi connectivity index (χ3n) is 1.72. The second kappa shape index (κ2) is 9.58. The Labute approximate surface area is 105 Å². The lowest BCUT2D eigenvalue weighted by molar-refractivity contribution is -0.153. The van der Waals surface area contributed by atoms with Crippen molar-refractivity contribution in [2.24, 2.45) is 11.8 Å². The van der Waals surface area contributed by atoms with E-state index in [1.165, 1.54) is 0 Å². The molecular weight excluding hydrogens is 239 g/mol. The van der Waals surface area contributed by atoms with E-state index in [0.717, 1.165) is 5.80 Å². The number of carbonyl (C=O) groups is 1. The monoisotopic (exact) mass is 262 g/mol. The zero-order valence-electron chi connectivity index (χ0n) is 11.1. The molecule has 0 aliphatic heterocycles. The van der Waals surface area contributed by atoms with Crippen LogP contribution in [0.4, 0.5) is 0 Å². The highest BCUT2D eigenvalue weighted by molar-refractivity contribution is 7.52. The highest BCUT2D eigenvalue weighted by Gasteiger charge is 2.06. The van der Waals surface area contributed by atoms with Crippen LogP contribution in [0.3, 0.4) is 0 Å². The van der Waals surface area contributed by atoms with Crippen molar-refractivity contribution < 1.29 is 19.2 Å². The molecule has 0 heterocycles. The van der Waals surface area contributed by atoms with E-state index in [1.54, 1.807) is 0 Å². The van der Waals surface area contributed by atoms with Crippen LogP contribution < -0.4 is 4.89 Å². The van der Waals surface area contributed by atoms with Crippen LogP contribution in [-0.4, -0.2) is 37.7 Å². The average Bonchev–Trinajstić information content (AvgIpc) is 2.21. The smallest absolute Gasteiger partial charge is 0.373 e. The first kappa shape index (κ1) is 16.6. The number of hydrogen-bond acceptors (Lipinski definition) is 4. The minimum absolute atomic E-state index is 0.291. The molecule has 1 unspecified atom stereocenters. The van der Waals surface area contributed by atoms with Crippen LogP contribution in [0.5, 0.6) is 0 Å². The summed E-state index contributed by atoms with van der Waals surface area (Å²) >= 11 is 0. The Bertz CT molecular complexity index is 249. The van der Waals surface area contributed by atoms with Gasteiger partial charge in [0.2, 0.25) is 0 Å². The van der Waals surface area contributed by atoms with Crippen molar-refractivity contribution in [1.82, 2.24) is 0 Å². The van der Waals surface area contributed by atoms with E-state index >= 15 is 0 Å². The molecule has 0 aliphatic rings. The first-order chi connectivity index (χ1) is 7.91. The summed E-state index contributed by atoms with van der Waals surface area (Å²) in [4.78, 5) is 22.7. The maximum atomic E-state index is 11.5. The molecule has 0 saturated carbocycles. The van der Waals surface area contributed by atoms with E-state index in [0.29, 0.717) is 37.8 Å². The first-order valence-corrected chi connectivity index (χ1v) is 7.46. The zero-order chi connectivity index (χ0) is 13.3. The Morgan fingerprint density at radius 1 is 1.24 bits per heavy atom. The summed E-state index contributed by atoms with van der Waals surface area (Å²) in [6.45, 7) is 9.44. The molecule has 4 nitrogen and oxygen atoms in total. The van der Waals surface area contributed by atoms with Gasteiger partial charge < -0.3 is 14.4 Å². The number of ether oxygens (including phenoxy) is 2. The predicted octanol–water partition coefficient (Wildman–Crippen LogP) is 1.42. The lowest BCUT2D eigenvalue weighted by Gasteiger charge is -2.06. The topological polar surface area (TPSA) is 58.6 Å². The second-order valence-electron chi connectivity index (χ2n) is 4.76. The van der Waals surface area contributed by atoms with E-state index in [2.05, 4.69) is 13.8 Å². The fraction of sp³-hybridized carbons (Fsp3) is 0.833. The molecular formula is C12H23O4P. The van der Waals surface area contributed by atoms with Gasteiger partial charge >= 0.3 is 5.97 Å². The van der Waals surface area contributed by atoms with Gasteiger partial charge in [0, 0.05) is 6.61 Å². The number of rotatable bonds is 8. The Kier molecular flexibility index (Phi) is 9.33. The van der Waals surface area contributed by atoms with Gasteiger partial charge in [0.1, 0.15) is 6.16 Å². The summed E-state index contributed by atoms with van der Waals surface area (Å²) in [7, 11) is -1.66. The molecule has 5 heteroatoms. The molecule has 0 aliphatic carbocycles. The molecule has 0 bridgehead atoms. The third-order valence-corrected chi connectivity index (χ3v) is 2.84. The second-order valence-corrected chi connectivity index (χ2v) is 6.30. The molecule has 0 radical (unpaired) electrons. The molecule has 0 amide bonds. The molecule has 0 aromatic carbocycles. The van der Waals surface area contributed by atoms with E-state index in [1.807, 2.05) is 13.8 Å². The SMILES string of the molecule is CC(C)COCC[P+]([O-])=CC(=O)OCC(C)C. The van der Waals surface area contributed by atoms with Gasteiger partial charge in [-0.05, 0) is 11.8 Å². The molecule has 0 aromatic heterocycles. The molecule has 17 heavy (non-hydrogen) atoms. The Balaban J connectivity index is 3.72. The Hall–Kier alpha value is -0.440. The van der Waals surface area contributed by atoms with E-state index in [-0.39, 0.29) is 0 Å². The number of carbonyl (C=O) groups excluding carboxylic acids is 1. The van der Waals surface area contributed by atoms with Crippen LogP contribution in [0.1, 0.15) is 27.7 Å². The van der Waals surface area contributed by atoms with Crippen molar-refractivity contribution in [1.29, 1.82) is 0 Å². The van der Waals surface area contributed by atoms with Crippen molar-refractivity contribution in [3.8, 4) is 0 Å². The normalized spacial score (nSPS) is 12.3. The van der Waals surface area contributed by atoms with Crippen LogP contribution in [0, 0.1) is 11.8 Å². The van der Waals surface area contributed by atoms with Gasteiger partial charge in [0.05, 0.1) is 21.0 Å². The number of hydrogen-bond donors (Lipinski definition) is 0. The van der Waals surface area contributed by atoms with Gasteiger partial charge in [0.15, 0.2) is 5.80 Å². The van der Waals surface area contributed by atoms with E-state index in [4.69, 9.17) is 9.47 Å². The van der Waals surface area contributed by atoms with Gasteiger partial charge in [0.25, 0.3) is 0 Å². The van der Waals surface area contributed by atoms with Crippen molar-refractivity contribution >= 4 is 19.5 Å². The molecule has 1 atom stereocenters. The molecule has 0 spiro atoms. The average molecular weight is 262 g/mol. The van der Waals surface area contributed by atoms with Gasteiger partial charge in [-0.1, -0.05) is 27.7 Å². The summed E-state index contributed by atoms with van der Waals surface area (Å²) in [5, 5.41) is 0. The Morgan fingerprint density at radius 3 is 2.35 bits per heavy atom. The predicted molar refractivity (Wildman–Crippen MR) is 69.3 cm³/mol. The van der Waals surface area contributed by atoms with Crippen LogP contribution in [0.2, 0.25) is 0 Å².